The molecule has 144 valence electrons. The van der Waals surface area contributed by atoms with Crippen LogP contribution in [0.25, 0.3) is 0 Å². The van der Waals surface area contributed by atoms with Crippen LogP contribution in [-0.2, 0) is 15.6 Å². The molecule has 0 unspecified atom stereocenters. The zero-order valence-electron chi connectivity index (χ0n) is 14.3. The van der Waals surface area contributed by atoms with Gasteiger partial charge in [0.05, 0.1) is 24.0 Å². The Labute approximate surface area is 159 Å². The monoisotopic (exact) mass is 414 g/mol. The van der Waals surface area contributed by atoms with Gasteiger partial charge in [-0.2, -0.15) is 0 Å². The van der Waals surface area contributed by atoms with Crippen LogP contribution in [0.1, 0.15) is 15.9 Å². The van der Waals surface area contributed by atoms with Gasteiger partial charge in [-0.15, -0.1) is 0 Å². The van der Waals surface area contributed by atoms with Gasteiger partial charge in [-0.3, -0.25) is 14.9 Å². The van der Waals surface area contributed by atoms with Crippen molar-refractivity contribution in [2.75, 3.05) is 14.2 Å². The van der Waals surface area contributed by atoms with E-state index in [1.54, 1.807) is 0 Å². The lowest BCUT2D eigenvalue weighted by Gasteiger charge is -2.14. The average Bonchev–Trinajstić information content (AvgIpc) is 2.64. The molecule has 0 heterocycles. The summed E-state index contributed by atoms with van der Waals surface area (Å²) in [7, 11) is 4.09. The minimum Gasteiger partial charge on any atom is -0.493 e. The second kappa shape index (κ2) is 8.23. The number of hydrogen-bond donors (Lipinski definition) is 1. The Hall–Kier alpha value is -2.85. The lowest BCUT2D eigenvalue weighted by molar-refractivity contribution is -0.384. The molecule has 1 amide bonds. The number of nitrogens with one attached hydrogen (secondary N) is 1. The number of nitro groups is 1. The molecule has 2 rings (SSSR count). The molecular formula is C16H15ClN2O7S. The number of hydrogen-bond acceptors (Lipinski definition) is 7. The SMILES string of the molecule is COc1cc(CNC(=O)c2ccc([N+](=O)[O-])cc2)c(S(=O)(=O)Cl)cc1OC. The highest BCUT2D eigenvalue weighted by Crippen LogP contribution is 2.34. The number of halogens is 1. The molecule has 0 bridgehead atoms. The van der Waals surface area contributed by atoms with Crippen LogP contribution in [0.3, 0.4) is 0 Å². The van der Waals surface area contributed by atoms with Crippen molar-refractivity contribution in [3.63, 3.8) is 0 Å². The third kappa shape index (κ3) is 4.86. The van der Waals surface area contributed by atoms with Crippen molar-refractivity contribution in [1.29, 1.82) is 0 Å². The molecule has 0 aromatic heterocycles. The van der Waals surface area contributed by atoms with Gasteiger partial charge in [-0.1, -0.05) is 0 Å². The number of nitrogens with zero attached hydrogens (tertiary/aromatic N) is 1. The smallest absolute Gasteiger partial charge is 0.269 e. The van der Waals surface area contributed by atoms with Gasteiger partial charge in [-0.05, 0) is 23.8 Å². The predicted molar refractivity (Wildman–Crippen MR) is 96.9 cm³/mol. The molecule has 0 spiro atoms. The van der Waals surface area contributed by atoms with Crippen LogP contribution in [0, 0.1) is 10.1 Å². The third-order valence-corrected chi connectivity index (χ3v) is 5.01. The second-order valence-electron chi connectivity index (χ2n) is 5.24. The first-order valence-corrected chi connectivity index (χ1v) is 9.70. The Kier molecular flexibility index (Phi) is 6.24. The molecular weight excluding hydrogens is 400 g/mol. The van der Waals surface area contributed by atoms with Gasteiger partial charge in [0, 0.05) is 41.0 Å². The number of rotatable bonds is 7. The van der Waals surface area contributed by atoms with E-state index in [9.17, 15) is 23.3 Å². The van der Waals surface area contributed by atoms with Crippen molar-refractivity contribution in [2.24, 2.45) is 0 Å². The van der Waals surface area contributed by atoms with Crippen LogP contribution in [-0.4, -0.2) is 33.5 Å². The first-order valence-electron chi connectivity index (χ1n) is 7.39. The van der Waals surface area contributed by atoms with Crippen molar-refractivity contribution in [1.82, 2.24) is 5.32 Å². The molecule has 0 saturated carbocycles. The van der Waals surface area contributed by atoms with Gasteiger partial charge in [0.1, 0.15) is 0 Å². The van der Waals surface area contributed by atoms with Crippen LogP contribution in [0.5, 0.6) is 11.5 Å². The van der Waals surface area contributed by atoms with E-state index in [1.807, 2.05) is 0 Å². The van der Waals surface area contributed by atoms with Crippen molar-refractivity contribution in [3.05, 3.63) is 57.6 Å². The Morgan fingerprint density at radius 1 is 1.15 bits per heavy atom. The third-order valence-electron chi connectivity index (χ3n) is 3.61. The maximum atomic E-state index is 12.2. The van der Waals surface area contributed by atoms with Crippen molar-refractivity contribution < 1.29 is 27.6 Å². The maximum absolute atomic E-state index is 12.2. The second-order valence-corrected chi connectivity index (χ2v) is 7.77. The normalized spacial score (nSPS) is 10.9. The lowest BCUT2D eigenvalue weighted by atomic mass is 10.1. The molecule has 2 aromatic carbocycles. The van der Waals surface area contributed by atoms with Crippen LogP contribution in [0.2, 0.25) is 0 Å². The van der Waals surface area contributed by atoms with Gasteiger partial charge >= 0.3 is 0 Å². The van der Waals surface area contributed by atoms with Crippen molar-refractivity contribution >= 4 is 31.3 Å². The Morgan fingerprint density at radius 2 is 1.70 bits per heavy atom. The summed E-state index contributed by atoms with van der Waals surface area (Å²) < 4.78 is 33.9. The molecule has 11 heteroatoms. The zero-order valence-corrected chi connectivity index (χ0v) is 15.8. The molecule has 1 N–H and O–H groups in total. The summed E-state index contributed by atoms with van der Waals surface area (Å²) in [5, 5.41) is 13.2. The first-order chi connectivity index (χ1) is 12.7. The Balaban J connectivity index is 2.28. The molecule has 0 aliphatic heterocycles. The molecule has 0 aliphatic carbocycles. The Morgan fingerprint density at radius 3 is 2.19 bits per heavy atom. The largest absolute Gasteiger partial charge is 0.493 e. The topological polar surface area (TPSA) is 125 Å². The molecule has 9 nitrogen and oxygen atoms in total. The summed E-state index contributed by atoms with van der Waals surface area (Å²) in [6.07, 6.45) is 0. The number of carbonyl (C=O) groups excluding carboxylic acids is 1. The summed E-state index contributed by atoms with van der Waals surface area (Å²) in [5.41, 5.74) is 0.219. The van der Waals surface area contributed by atoms with Crippen LogP contribution >= 0.6 is 10.7 Å². The van der Waals surface area contributed by atoms with Gasteiger partial charge in [0.25, 0.3) is 20.6 Å². The fraction of sp³-hybridized carbons (Fsp3) is 0.188. The number of carbonyl (C=O) groups is 1. The van der Waals surface area contributed by atoms with Crippen molar-refractivity contribution in [3.8, 4) is 11.5 Å². The quantitative estimate of drug-likeness (QED) is 0.419. The predicted octanol–water partition coefficient (Wildman–Crippen LogP) is 2.47. The first kappa shape index (κ1) is 20.5. The van der Waals surface area contributed by atoms with Crippen LogP contribution < -0.4 is 14.8 Å². The minimum absolute atomic E-state index is 0.151. The summed E-state index contributed by atoms with van der Waals surface area (Å²) in [6.45, 7) is -0.169. The van der Waals surface area contributed by atoms with E-state index in [0.29, 0.717) is 0 Å². The number of nitro benzene ring substituents is 1. The highest BCUT2D eigenvalue weighted by atomic mass is 35.7. The average molecular weight is 415 g/mol. The lowest BCUT2D eigenvalue weighted by Crippen LogP contribution is -2.23. The summed E-state index contributed by atoms with van der Waals surface area (Å²) in [6, 6.07) is 7.57. The molecule has 2 aromatic rings. The summed E-state index contributed by atoms with van der Waals surface area (Å²) >= 11 is 0. The van der Waals surface area contributed by atoms with Gasteiger partial charge in [0.15, 0.2) is 11.5 Å². The standard InChI is InChI=1S/C16H15ClN2O7S/c1-25-13-7-11(15(27(17,23)24)8-14(13)26-2)9-18-16(20)10-3-5-12(6-4-10)19(21)22/h3-8H,9H2,1-2H3,(H,18,20). The number of methoxy groups -OCH3 is 2. The maximum Gasteiger partial charge on any atom is 0.269 e. The minimum atomic E-state index is -4.11. The molecule has 0 radical (unpaired) electrons. The van der Waals surface area contributed by atoms with Crippen LogP contribution in [0.4, 0.5) is 5.69 Å². The van der Waals surface area contributed by atoms with E-state index in [1.165, 1.54) is 50.6 Å². The van der Waals surface area contributed by atoms with E-state index in [0.717, 1.165) is 0 Å². The summed E-state index contributed by atoms with van der Waals surface area (Å²) in [5.74, 6) is -0.110. The molecule has 0 saturated heterocycles. The molecule has 0 fully saturated rings. The highest BCUT2D eigenvalue weighted by molar-refractivity contribution is 8.13. The summed E-state index contributed by atoms with van der Waals surface area (Å²) in [4.78, 5) is 22.1. The van der Waals surface area contributed by atoms with Gasteiger partial charge < -0.3 is 14.8 Å². The van der Waals surface area contributed by atoms with Crippen LogP contribution in [0.15, 0.2) is 41.3 Å². The van der Waals surface area contributed by atoms with Crippen molar-refractivity contribution in [2.45, 2.75) is 11.4 Å². The molecule has 0 aliphatic rings. The molecule has 0 atom stereocenters. The molecule has 27 heavy (non-hydrogen) atoms. The number of non-ortho nitro benzene ring substituents is 1. The van der Waals surface area contributed by atoms with Gasteiger partial charge in [0.2, 0.25) is 0 Å². The number of benzene rings is 2. The van der Waals surface area contributed by atoms with E-state index in [4.69, 9.17) is 20.2 Å². The van der Waals surface area contributed by atoms with E-state index >= 15 is 0 Å². The van der Waals surface area contributed by atoms with E-state index in [-0.39, 0.29) is 39.8 Å². The zero-order chi connectivity index (χ0) is 20.2. The fourth-order valence-electron chi connectivity index (χ4n) is 2.28. The van der Waals surface area contributed by atoms with E-state index in [2.05, 4.69) is 5.32 Å². The van der Waals surface area contributed by atoms with Gasteiger partial charge in [-0.25, -0.2) is 8.42 Å². The Bertz CT molecular complexity index is 975. The number of amides is 1. The van der Waals surface area contributed by atoms with E-state index < -0.39 is 19.9 Å². The highest BCUT2D eigenvalue weighted by Gasteiger charge is 2.21. The number of ether oxygens (including phenoxy) is 2. The fourth-order valence-corrected chi connectivity index (χ4v) is 3.40.